The summed E-state index contributed by atoms with van der Waals surface area (Å²) in [6.07, 6.45) is 5.32. The number of benzene rings is 1. The van der Waals surface area contributed by atoms with Crippen LogP contribution in [0.25, 0.3) is 0 Å². The number of thioether (sulfide) groups is 1. The van der Waals surface area contributed by atoms with E-state index in [1.165, 1.54) is 31.7 Å². The van der Waals surface area contributed by atoms with Crippen molar-refractivity contribution in [1.82, 2.24) is 0 Å². The molecule has 1 aromatic rings. The van der Waals surface area contributed by atoms with Crippen molar-refractivity contribution in [2.24, 2.45) is 16.8 Å². The lowest BCUT2D eigenvalue weighted by molar-refractivity contribution is 0.318. The van der Waals surface area contributed by atoms with Crippen LogP contribution in [-0.2, 0) is 5.75 Å². The van der Waals surface area contributed by atoms with Gasteiger partial charge in [-0.05, 0) is 36.1 Å². The monoisotopic (exact) mass is 282 g/mol. The minimum absolute atomic E-state index is 0.0657. The summed E-state index contributed by atoms with van der Waals surface area (Å²) < 4.78 is 13.8. The highest BCUT2D eigenvalue weighted by atomic mass is 32.2. The molecule has 3 nitrogen and oxygen atoms in total. The van der Waals surface area contributed by atoms with Crippen LogP contribution in [0.15, 0.2) is 23.4 Å². The Morgan fingerprint density at radius 2 is 2.16 bits per heavy atom. The number of hydrogen-bond acceptors (Lipinski definition) is 3. The molecule has 0 aromatic heterocycles. The summed E-state index contributed by atoms with van der Waals surface area (Å²) in [6, 6.07) is 4.72. The Kier molecular flexibility index (Phi) is 5.07. The third kappa shape index (κ3) is 3.86. The number of hydrogen-bond donors (Lipinski definition) is 2. The quantitative estimate of drug-likeness (QED) is 0.377. The lowest BCUT2D eigenvalue weighted by atomic mass is 10.1. The third-order valence-electron chi connectivity index (χ3n) is 3.54. The molecule has 1 saturated carbocycles. The van der Waals surface area contributed by atoms with Gasteiger partial charge in [0, 0.05) is 11.3 Å². The van der Waals surface area contributed by atoms with Crippen molar-refractivity contribution in [3.05, 3.63) is 35.1 Å². The largest absolute Gasteiger partial charge is 0.409 e. The molecule has 0 spiro atoms. The van der Waals surface area contributed by atoms with Gasteiger partial charge in [0.2, 0.25) is 0 Å². The van der Waals surface area contributed by atoms with E-state index < -0.39 is 0 Å². The van der Waals surface area contributed by atoms with Crippen LogP contribution in [-0.4, -0.2) is 16.8 Å². The van der Waals surface area contributed by atoms with Crippen LogP contribution in [0.3, 0.4) is 0 Å². The van der Waals surface area contributed by atoms with Crippen molar-refractivity contribution < 1.29 is 9.60 Å². The van der Waals surface area contributed by atoms with Gasteiger partial charge in [-0.2, -0.15) is 11.8 Å². The number of nitrogens with two attached hydrogens (primary N) is 1. The summed E-state index contributed by atoms with van der Waals surface area (Å²) in [5.74, 6) is 2.25. The SMILES string of the molecule is NC(=NO)c1ccc(CSCC2CCCC2)c(F)c1. The fraction of sp³-hybridized carbons (Fsp3) is 0.500. The zero-order valence-corrected chi connectivity index (χ0v) is 11.6. The van der Waals surface area contributed by atoms with Crippen molar-refractivity contribution in [3.63, 3.8) is 0 Å². The molecule has 1 fully saturated rings. The summed E-state index contributed by atoms with van der Waals surface area (Å²) in [4.78, 5) is 0. The molecule has 0 atom stereocenters. The molecule has 0 saturated heterocycles. The van der Waals surface area contributed by atoms with Gasteiger partial charge in [0.15, 0.2) is 5.84 Å². The minimum Gasteiger partial charge on any atom is -0.409 e. The van der Waals surface area contributed by atoms with E-state index >= 15 is 0 Å². The molecular weight excluding hydrogens is 263 g/mol. The van der Waals surface area contributed by atoms with E-state index in [1.807, 2.05) is 0 Å². The Bertz CT molecular complexity index is 459. The molecule has 0 unspecified atom stereocenters. The minimum atomic E-state index is -0.289. The average molecular weight is 282 g/mol. The number of amidine groups is 1. The van der Waals surface area contributed by atoms with Gasteiger partial charge < -0.3 is 10.9 Å². The zero-order valence-electron chi connectivity index (χ0n) is 10.8. The van der Waals surface area contributed by atoms with Crippen molar-refractivity contribution in [2.45, 2.75) is 31.4 Å². The normalized spacial score (nSPS) is 17.0. The molecular formula is C14H19FN2OS. The molecule has 1 aromatic carbocycles. The van der Waals surface area contributed by atoms with Gasteiger partial charge in [-0.1, -0.05) is 30.1 Å². The van der Waals surface area contributed by atoms with E-state index in [0.29, 0.717) is 16.9 Å². The molecule has 0 heterocycles. The highest BCUT2D eigenvalue weighted by Gasteiger charge is 2.15. The highest BCUT2D eigenvalue weighted by molar-refractivity contribution is 7.98. The number of oxime groups is 1. The second-order valence-electron chi connectivity index (χ2n) is 4.96. The molecule has 0 bridgehead atoms. The van der Waals surface area contributed by atoms with Crippen LogP contribution in [0.4, 0.5) is 4.39 Å². The van der Waals surface area contributed by atoms with Crippen LogP contribution >= 0.6 is 11.8 Å². The first-order chi connectivity index (χ1) is 9.20. The van der Waals surface area contributed by atoms with Crippen molar-refractivity contribution in [2.75, 3.05) is 5.75 Å². The smallest absolute Gasteiger partial charge is 0.170 e. The Labute approximate surface area is 117 Å². The number of halogens is 1. The maximum Gasteiger partial charge on any atom is 0.170 e. The van der Waals surface area contributed by atoms with Crippen LogP contribution in [0, 0.1) is 11.7 Å². The summed E-state index contributed by atoms with van der Waals surface area (Å²) >= 11 is 1.79. The van der Waals surface area contributed by atoms with Gasteiger partial charge in [-0.15, -0.1) is 0 Å². The summed E-state index contributed by atoms with van der Waals surface area (Å²) in [5.41, 5.74) is 6.51. The topological polar surface area (TPSA) is 58.6 Å². The first-order valence-electron chi connectivity index (χ1n) is 6.54. The van der Waals surface area contributed by atoms with E-state index in [4.69, 9.17) is 10.9 Å². The van der Waals surface area contributed by atoms with Crippen LogP contribution < -0.4 is 5.73 Å². The molecule has 0 amide bonds. The predicted molar refractivity (Wildman–Crippen MR) is 77.0 cm³/mol. The second kappa shape index (κ2) is 6.80. The molecule has 2 rings (SSSR count). The molecule has 0 radical (unpaired) electrons. The number of nitrogens with zero attached hydrogens (tertiary/aromatic N) is 1. The lowest BCUT2D eigenvalue weighted by Crippen LogP contribution is -2.13. The van der Waals surface area contributed by atoms with Crippen LogP contribution in [0.2, 0.25) is 0 Å². The van der Waals surface area contributed by atoms with Crippen molar-refractivity contribution in [1.29, 1.82) is 0 Å². The summed E-state index contributed by atoms with van der Waals surface area (Å²) in [7, 11) is 0. The third-order valence-corrected chi connectivity index (χ3v) is 4.76. The van der Waals surface area contributed by atoms with E-state index in [-0.39, 0.29) is 11.7 Å². The zero-order chi connectivity index (χ0) is 13.7. The van der Waals surface area contributed by atoms with Gasteiger partial charge in [-0.3, -0.25) is 0 Å². The summed E-state index contributed by atoms with van der Waals surface area (Å²) in [6.45, 7) is 0. The maximum absolute atomic E-state index is 13.8. The molecule has 5 heteroatoms. The first kappa shape index (κ1) is 14.2. The van der Waals surface area contributed by atoms with Gasteiger partial charge in [0.05, 0.1) is 0 Å². The van der Waals surface area contributed by atoms with E-state index in [2.05, 4.69) is 5.16 Å². The van der Waals surface area contributed by atoms with Gasteiger partial charge >= 0.3 is 0 Å². The Hall–Kier alpha value is -1.23. The van der Waals surface area contributed by atoms with Gasteiger partial charge in [0.25, 0.3) is 0 Å². The Morgan fingerprint density at radius 1 is 1.42 bits per heavy atom. The predicted octanol–water partition coefficient (Wildman–Crippen LogP) is 3.34. The molecule has 1 aliphatic carbocycles. The first-order valence-corrected chi connectivity index (χ1v) is 7.70. The molecule has 104 valence electrons. The maximum atomic E-state index is 13.8. The standard InChI is InChI=1S/C14H19FN2OS/c15-13-7-11(14(16)17-18)5-6-12(13)9-19-8-10-3-1-2-4-10/h5-7,10,18H,1-4,8-9H2,(H2,16,17). The summed E-state index contributed by atoms with van der Waals surface area (Å²) in [5, 5.41) is 11.4. The van der Waals surface area contributed by atoms with E-state index in [1.54, 1.807) is 23.9 Å². The van der Waals surface area contributed by atoms with Crippen molar-refractivity contribution in [3.8, 4) is 0 Å². The van der Waals surface area contributed by atoms with Crippen LogP contribution in [0.1, 0.15) is 36.8 Å². The average Bonchev–Trinajstić information content (AvgIpc) is 2.93. The van der Waals surface area contributed by atoms with Gasteiger partial charge in [-0.25, -0.2) is 4.39 Å². The van der Waals surface area contributed by atoms with Gasteiger partial charge in [0.1, 0.15) is 5.82 Å². The highest BCUT2D eigenvalue weighted by Crippen LogP contribution is 2.29. The second-order valence-corrected chi connectivity index (χ2v) is 5.99. The molecule has 19 heavy (non-hydrogen) atoms. The number of rotatable bonds is 5. The fourth-order valence-corrected chi connectivity index (χ4v) is 3.63. The Balaban J connectivity index is 1.89. The fourth-order valence-electron chi connectivity index (χ4n) is 2.39. The molecule has 0 aliphatic heterocycles. The Morgan fingerprint density at radius 3 is 2.79 bits per heavy atom. The van der Waals surface area contributed by atoms with E-state index in [9.17, 15) is 4.39 Å². The molecule has 3 N–H and O–H groups in total. The van der Waals surface area contributed by atoms with Crippen LogP contribution in [0.5, 0.6) is 0 Å². The lowest BCUT2D eigenvalue weighted by Gasteiger charge is -2.09. The van der Waals surface area contributed by atoms with E-state index in [0.717, 1.165) is 11.7 Å². The van der Waals surface area contributed by atoms with Crippen molar-refractivity contribution >= 4 is 17.6 Å². The molecule has 1 aliphatic rings.